The van der Waals surface area contributed by atoms with Gasteiger partial charge < -0.3 is 15.4 Å². The maximum Gasteiger partial charge on any atom is 0.213 e. The van der Waals surface area contributed by atoms with Gasteiger partial charge in [-0.15, -0.1) is 22.7 Å². The molecule has 1 aliphatic rings. The predicted octanol–water partition coefficient (Wildman–Crippen LogP) is 4.51. The molecular weight excluding hydrogens is 404 g/mol. The van der Waals surface area contributed by atoms with E-state index in [4.69, 9.17) is 9.72 Å². The maximum atomic E-state index is 5.69. The molecule has 0 saturated carbocycles. The van der Waals surface area contributed by atoms with Gasteiger partial charge in [0.05, 0.1) is 6.61 Å². The topological polar surface area (TPSA) is 84.3 Å². The summed E-state index contributed by atoms with van der Waals surface area (Å²) in [6.45, 7) is 6.84. The Morgan fingerprint density at radius 1 is 1.17 bits per heavy atom. The molecule has 0 fully saturated rings. The second kappa shape index (κ2) is 9.32. The molecule has 0 saturated heterocycles. The molecule has 0 atom stereocenters. The average Bonchev–Trinajstić information content (AvgIpc) is 3.39. The molecule has 0 aromatic carbocycles. The lowest BCUT2D eigenvalue weighted by atomic mass is 10.1. The molecule has 4 rings (SSSR count). The summed E-state index contributed by atoms with van der Waals surface area (Å²) in [4.78, 5) is 18.2. The van der Waals surface area contributed by atoms with Crippen LogP contribution in [0.3, 0.4) is 0 Å². The van der Waals surface area contributed by atoms with Crippen molar-refractivity contribution in [2.45, 2.75) is 26.7 Å². The van der Waals surface area contributed by atoms with E-state index >= 15 is 0 Å². The van der Waals surface area contributed by atoms with Crippen molar-refractivity contribution in [2.24, 2.45) is 10.9 Å². The van der Waals surface area contributed by atoms with Crippen molar-refractivity contribution in [3.63, 3.8) is 0 Å². The molecule has 3 aromatic heterocycles. The van der Waals surface area contributed by atoms with E-state index in [9.17, 15) is 0 Å². The van der Waals surface area contributed by atoms with Gasteiger partial charge in [-0.3, -0.25) is 4.99 Å². The van der Waals surface area contributed by atoms with Crippen molar-refractivity contribution in [1.29, 1.82) is 0 Å². The fraction of sp³-hybridized carbons (Fsp3) is 0.400. The first-order valence-electron chi connectivity index (χ1n) is 9.73. The molecule has 1 aliphatic heterocycles. The zero-order valence-electron chi connectivity index (χ0n) is 16.5. The minimum Gasteiger partial charge on any atom is -0.478 e. The summed E-state index contributed by atoms with van der Waals surface area (Å²) in [6, 6.07) is 3.90. The van der Waals surface area contributed by atoms with E-state index in [-0.39, 0.29) is 0 Å². The van der Waals surface area contributed by atoms with E-state index in [2.05, 4.69) is 39.4 Å². The lowest BCUT2D eigenvalue weighted by Crippen LogP contribution is -2.35. The number of aliphatic imine (C=N–C) groups is 1. The molecule has 0 spiro atoms. The highest BCUT2D eigenvalue weighted by Gasteiger charge is 2.12. The molecule has 3 aromatic rings. The highest BCUT2D eigenvalue weighted by molar-refractivity contribution is 7.14. The summed E-state index contributed by atoms with van der Waals surface area (Å²) in [5, 5.41) is 12.2. The first-order chi connectivity index (χ1) is 14.2. The van der Waals surface area contributed by atoms with E-state index in [0.29, 0.717) is 18.4 Å². The molecule has 2 N–H and O–H groups in total. The Bertz CT molecular complexity index is 964. The van der Waals surface area contributed by atoms with Crippen LogP contribution in [0.25, 0.3) is 22.0 Å². The van der Waals surface area contributed by atoms with Crippen molar-refractivity contribution in [2.75, 3.05) is 25.0 Å². The van der Waals surface area contributed by atoms with Crippen LogP contribution in [0.15, 0.2) is 34.1 Å². The van der Waals surface area contributed by atoms with Crippen LogP contribution in [0.4, 0.5) is 5.13 Å². The number of nitrogens with zero attached hydrogens (tertiary/aromatic N) is 4. The van der Waals surface area contributed by atoms with E-state index in [1.165, 1.54) is 0 Å². The Labute approximate surface area is 178 Å². The second-order valence-corrected chi connectivity index (χ2v) is 8.84. The van der Waals surface area contributed by atoms with E-state index < -0.39 is 0 Å². The number of aromatic nitrogens is 3. The first-order valence-corrected chi connectivity index (χ1v) is 11.5. The van der Waals surface area contributed by atoms with Gasteiger partial charge in [0.1, 0.15) is 16.4 Å². The van der Waals surface area contributed by atoms with E-state index in [1.807, 2.05) is 29.1 Å². The van der Waals surface area contributed by atoms with Gasteiger partial charge in [-0.2, -0.15) is 0 Å². The summed E-state index contributed by atoms with van der Waals surface area (Å²) < 4.78 is 5.69. The standard InChI is InChI=1S/C20H24N6OS2/c1-13(2)6-9-27-17-5-4-14(10-23-17)18-24-15(11-28-18)16-12-29-20(25-16)26-19-21-7-3-8-22-19/h4-5,10-13H,3,6-9H2,1-2H3,(H2,21,22,25,26). The van der Waals surface area contributed by atoms with E-state index in [1.54, 1.807) is 22.7 Å². The van der Waals surface area contributed by atoms with Crippen LogP contribution < -0.4 is 15.4 Å². The molecule has 0 unspecified atom stereocenters. The largest absolute Gasteiger partial charge is 0.478 e. The quantitative estimate of drug-likeness (QED) is 0.576. The molecular formula is C20H24N6OS2. The van der Waals surface area contributed by atoms with Gasteiger partial charge in [-0.25, -0.2) is 15.0 Å². The fourth-order valence-corrected chi connectivity index (χ4v) is 4.19. The van der Waals surface area contributed by atoms with Crippen LogP contribution in [0.2, 0.25) is 0 Å². The number of nitrogens with one attached hydrogen (secondary N) is 2. The van der Waals surface area contributed by atoms with Crippen LogP contribution >= 0.6 is 22.7 Å². The second-order valence-electron chi connectivity index (χ2n) is 7.13. The zero-order chi connectivity index (χ0) is 20.1. The molecule has 0 amide bonds. The molecule has 7 nitrogen and oxygen atoms in total. The Balaban J connectivity index is 1.40. The molecule has 4 heterocycles. The Kier molecular flexibility index (Phi) is 6.36. The predicted molar refractivity (Wildman–Crippen MR) is 120 cm³/mol. The third kappa shape index (κ3) is 5.30. The smallest absolute Gasteiger partial charge is 0.213 e. The first kappa shape index (κ1) is 19.8. The number of guanidine groups is 1. The van der Waals surface area contributed by atoms with Crippen LogP contribution in [0, 0.1) is 5.92 Å². The Hall–Kier alpha value is -2.52. The number of thiazole rings is 2. The summed E-state index contributed by atoms with van der Waals surface area (Å²) in [5.41, 5.74) is 2.70. The summed E-state index contributed by atoms with van der Waals surface area (Å²) in [7, 11) is 0. The molecule has 29 heavy (non-hydrogen) atoms. The number of hydrogen-bond acceptors (Lipinski definition) is 9. The highest BCUT2D eigenvalue weighted by atomic mass is 32.1. The fourth-order valence-electron chi connectivity index (χ4n) is 2.68. The summed E-state index contributed by atoms with van der Waals surface area (Å²) in [6.07, 6.45) is 3.90. The van der Waals surface area contributed by atoms with Crippen LogP contribution in [0.1, 0.15) is 26.7 Å². The van der Waals surface area contributed by atoms with Gasteiger partial charge >= 0.3 is 0 Å². The van der Waals surface area contributed by atoms with Crippen LogP contribution in [-0.4, -0.2) is 40.6 Å². The maximum absolute atomic E-state index is 5.69. The van der Waals surface area contributed by atoms with Gasteiger partial charge in [0.15, 0.2) is 11.1 Å². The number of rotatable bonds is 7. The van der Waals surface area contributed by atoms with Gasteiger partial charge in [-0.05, 0) is 24.8 Å². The van der Waals surface area contributed by atoms with Gasteiger partial charge in [0, 0.05) is 41.7 Å². The van der Waals surface area contributed by atoms with Gasteiger partial charge in [0.25, 0.3) is 0 Å². The Morgan fingerprint density at radius 2 is 2.03 bits per heavy atom. The summed E-state index contributed by atoms with van der Waals surface area (Å²) in [5.74, 6) is 2.06. The average molecular weight is 429 g/mol. The number of ether oxygens (including phenoxy) is 1. The molecule has 0 radical (unpaired) electrons. The van der Waals surface area contributed by atoms with E-state index in [0.717, 1.165) is 59.0 Å². The molecule has 152 valence electrons. The SMILES string of the molecule is CC(C)CCOc1ccc(-c2nc(-c3csc(NC4=NCCCN4)n3)cs2)cn1. The minimum absolute atomic E-state index is 0.622. The van der Waals surface area contributed by atoms with Crippen molar-refractivity contribution >= 4 is 33.8 Å². The normalized spacial score (nSPS) is 13.8. The van der Waals surface area contributed by atoms with Crippen molar-refractivity contribution < 1.29 is 4.74 Å². The number of pyridine rings is 1. The molecule has 0 bridgehead atoms. The van der Waals surface area contributed by atoms with Crippen LogP contribution in [-0.2, 0) is 0 Å². The van der Waals surface area contributed by atoms with Gasteiger partial charge in [0.2, 0.25) is 5.88 Å². The van der Waals surface area contributed by atoms with Crippen molar-refractivity contribution in [3.8, 4) is 27.8 Å². The minimum atomic E-state index is 0.622. The zero-order valence-corrected chi connectivity index (χ0v) is 18.1. The van der Waals surface area contributed by atoms with Crippen molar-refractivity contribution in [3.05, 3.63) is 29.1 Å². The summed E-state index contributed by atoms with van der Waals surface area (Å²) >= 11 is 3.13. The molecule has 9 heteroatoms. The Morgan fingerprint density at radius 3 is 2.79 bits per heavy atom. The third-order valence-electron chi connectivity index (χ3n) is 4.32. The molecule has 0 aliphatic carbocycles. The lowest BCUT2D eigenvalue weighted by Gasteiger charge is -2.13. The number of anilines is 1. The van der Waals surface area contributed by atoms with Crippen LogP contribution in [0.5, 0.6) is 5.88 Å². The monoisotopic (exact) mass is 428 g/mol. The number of hydrogen-bond donors (Lipinski definition) is 2. The lowest BCUT2D eigenvalue weighted by molar-refractivity contribution is 0.279. The third-order valence-corrected chi connectivity index (χ3v) is 5.97. The van der Waals surface area contributed by atoms with Crippen molar-refractivity contribution in [1.82, 2.24) is 20.3 Å². The van der Waals surface area contributed by atoms with Gasteiger partial charge in [-0.1, -0.05) is 13.8 Å². The highest BCUT2D eigenvalue weighted by Crippen LogP contribution is 2.31.